The highest BCUT2D eigenvalue weighted by Crippen LogP contribution is 2.21. The number of rotatable bonds is 23. The molecule has 0 fully saturated rings. The lowest BCUT2D eigenvalue weighted by molar-refractivity contribution is -0.161. The maximum atomic E-state index is 12.5. The summed E-state index contributed by atoms with van der Waals surface area (Å²) in [6.07, 6.45) is 22.1. The van der Waals surface area contributed by atoms with E-state index in [0.29, 0.717) is 12.8 Å². The lowest BCUT2D eigenvalue weighted by Gasteiger charge is -2.26. The van der Waals surface area contributed by atoms with Gasteiger partial charge in [0.15, 0.2) is 5.38 Å². The molecule has 0 rings (SSSR count). The van der Waals surface area contributed by atoms with Crippen molar-refractivity contribution in [2.24, 2.45) is 0 Å². The van der Waals surface area contributed by atoms with Gasteiger partial charge in [0, 0.05) is 6.42 Å². The third kappa shape index (κ3) is 22.2. The molecule has 0 spiro atoms. The second-order valence-electron chi connectivity index (χ2n) is 11.2. The topological polar surface area (TPSA) is 52.6 Å². The molecule has 0 aliphatic rings. The Hall–Kier alpha value is -0.770. The predicted octanol–water partition coefficient (Wildman–Crippen LogP) is 9.69. The molecule has 0 aliphatic heterocycles. The number of ether oxygens (including phenoxy) is 2. The summed E-state index contributed by atoms with van der Waals surface area (Å²) in [6, 6.07) is 0. The van der Waals surface area contributed by atoms with Gasteiger partial charge < -0.3 is 9.47 Å². The van der Waals surface area contributed by atoms with E-state index >= 15 is 0 Å². The highest BCUT2D eigenvalue weighted by Gasteiger charge is 2.32. The third-order valence-corrected chi connectivity index (χ3v) is 6.78. The van der Waals surface area contributed by atoms with Gasteiger partial charge >= 0.3 is 11.9 Å². The molecule has 0 aromatic rings. The first kappa shape index (κ1) is 34.2. The summed E-state index contributed by atoms with van der Waals surface area (Å²) < 4.78 is 11.2. The highest BCUT2D eigenvalue weighted by molar-refractivity contribution is 6.30. The van der Waals surface area contributed by atoms with E-state index in [2.05, 4.69) is 13.8 Å². The quantitative estimate of drug-likeness (QED) is 0.0769. The highest BCUT2D eigenvalue weighted by atomic mass is 35.5. The summed E-state index contributed by atoms with van der Waals surface area (Å²) in [5.41, 5.74) is -0.618. The maximum Gasteiger partial charge on any atom is 0.328 e. The average molecular weight is 517 g/mol. The van der Waals surface area contributed by atoms with Gasteiger partial charge in [-0.2, -0.15) is 0 Å². The van der Waals surface area contributed by atoms with E-state index < -0.39 is 23.1 Å². The van der Waals surface area contributed by atoms with Crippen LogP contribution in [0.5, 0.6) is 0 Å². The summed E-state index contributed by atoms with van der Waals surface area (Å²) in [7, 11) is 0. The Kier molecular flexibility index (Phi) is 21.9. The third-order valence-electron chi connectivity index (χ3n) is 6.32. The first-order valence-electron chi connectivity index (χ1n) is 14.8. The van der Waals surface area contributed by atoms with Gasteiger partial charge in [-0.1, -0.05) is 117 Å². The van der Waals surface area contributed by atoms with E-state index in [0.717, 1.165) is 32.1 Å². The molecule has 0 saturated heterocycles. The average Bonchev–Trinajstić information content (AvgIpc) is 2.79. The molecule has 5 heteroatoms. The zero-order valence-corrected chi connectivity index (χ0v) is 24.6. The molecule has 0 unspecified atom stereocenters. The zero-order valence-electron chi connectivity index (χ0n) is 23.8. The Morgan fingerprint density at radius 2 is 1.06 bits per heavy atom. The minimum absolute atomic E-state index is 0.247. The molecular formula is C30H57ClO4. The van der Waals surface area contributed by atoms with E-state index in [1.165, 1.54) is 83.5 Å². The fourth-order valence-electron chi connectivity index (χ4n) is 4.24. The number of alkyl halides is 1. The molecule has 4 nitrogen and oxygen atoms in total. The fourth-order valence-corrected chi connectivity index (χ4v) is 4.46. The monoisotopic (exact) mass is 516 g/mol. The Morgan fingerprint density at radius 3 is 1.49 bits per heavy atom. The van der Waals surface area contributed by atoms with Crippen LogP contribution in [0.15, 0.2) is 0 Å². The van der Waals surface area contributed by atoms with Crippen LogP contribution in [-0.2, 0) is 19.1 Å². The number of carbonyl (C=O) groups excluding carboxylic acids is 2. The number of unbranched alkanes of at least 4 members (excludes halogenated alkanes) is 16. The van der Waals surface area contributed by atoms with Crippen LogP contribution in [-0.4, -0.2) is 29.0 Å². The van der Waals surface area contributed by atoms with Gasteiger partial charge in [-0.25, -0.2) is 0 Å². The Labute approximate surface area is 222 Å². The van der Waals surface area contributed by atoms with Crippen molar-refractivity contribution in [2.45, 2.75) is 180 Å². The molecule has 0 bridgehead atoms. The number of carbonyl (C=O) groups is 2. The van der Waals surface area contributed by atoms with Crippen LogP contribution in [0, 0.1) is 0 Å². The van der Waals surface area contributed by atoms with E-state index in [9.17, 15) is 9.59 Å². The van der Waals surface area contributed by atoms with Crippen LogP contribution in [0.3, 0.4) is 0 Å². The summed E-state index contributed by atoms with van der Waals surface area (Å²) in [4.78, 5) is 25.0. The minimum Gasteiger partial charge on any atom is -0.460 e. The molecule has 0 saturated carbocycles. The minimum atomic E-state index is -0.963. The molecule has 35 heavy (non-hydrogen) atoms. The number of esters is 2. The molecule has 0 heterocycles. The van der Waals surface area contributed by atoms with Crippen molar-refractivity contribution in [1.82, 2.24) is 0 Å². The standard InChI is InChI=1S/C30H57ClO4/c1-6-8-10-12-14-16-18-20-22-24-26(28(31)29(33)35-30(3,4)5)34-27(32)25-23-21-19-17-15-13-11-9-7-2/h26,28H,6-25H2,1-5H3/t26-,28-/m1/s1. The summed E-state index contributed by atoms with van der Waals surface area (Å²) in [5, 5.41) is -0.963. The second kappa shape index (κ2) is 22.4. The van der Waals surface area contributed by atoms with Crippen molar-refractivity contribution in [3.8, 4) is 0 Å². The lowest BCUT2D eigenvalue weighted by Crippen LogP contribution is -2.38. The van der Waals surface area contributed by atoms with Gasteiger partial charge in [-0.3, -0.25) is 9.59 Å². The number of hydrogen-bond acceptors (Lipinski definition) is 4. The summed E-state index contributed by atoms with van der Waals surface area (Å²) in [6.45, 7) is 9.93. The fraction of sp³-hybridized carbons (Fsp3) is 0.933. The van der Waals surface area contributed by atoms with Gasteiger partial charge in [0.25, 0.3) is 0 Å². The molecule has 0 amide bonds. The summed E-state index contributed by atoms with van der Waals surface area (Å²) >= 11 is 6.46. The molecule has 0 aromatic heterocycles. The molecule has 208 valence electrons. The first-order valence-corrected chi connectivity index (χ1v) is 15.2. The van der Waals surface area contributed by atoms with Crippen molar-refractivity contribution < 1.29 is 19.1 Å². The lowest BCUT2D eigenvalue weighted by atomic mass is 10.0. The van der Waals surface area contributed by atoms with Crippen molar-refractivity contribution in [3.63, 3.8) is 0 Å². The zero-order chi connectivity index (χ0) is 26.4. The van der Waals surface area contributed by atoms with Crippen molar-refractivity contribution in [2.75, 3.05) is 0 Å². The van der Waals surface area contributed by atoms with Gasteiger partial charge in [0.05, 0.1) is 0 Å². The molecule has 0 N–H and O–H groups in total. The van der Waals surface area contributed by atoms with Crippen LogP contribution in [0.2, 0.25) is 0 Å². The van der Waals surface area contributed by atoms with Gasteiger partial charge in [0.2, 0.25) is 0 Å². The van der Waals surface area contributed by atoms with Gasteiger partial charge in [0.1, 0.15) is 11.7 Å². The van der Waals surface area contributed by atoms with Gasteiger partial charge in [-0.15, -0.1) is 11.6 Å². The van der Waals surface area contributed by atoms with Crippen LogP contribution >= 0.6 is 11.6 Å². The predicted molar refractivity (Wildman–Crippen MR) is 149 cm³/mol. The number of hydrogen-bond donors (Lipinski definition) is 0. The molecule has 0 aliphatic carbocycles. The number of halogens is 1. The summed E-state index contributed by atoms with van der Waals surface area (Å²) in [5.74, 6) is -0.751. The molecule has 0 radical (unpaired) electrons. The van der Waals surface area contributed by atoms with Crippen LogP contribution in [0.1, 0.15) is 163 Å². The SMILES string of the molecule is CCCCCCCCCCCC(=O)O[C@H](CCCCCCCCCCC)[C@@H](Cl)C(=O)OC(C)(C)C. The normalized spacial score (nSPS) is 13.4. The van der Waals surface area contributed by atoms with E-state index in [-0.39, 0.29) is 5.97 Å². The van der Waals surface area contributed by atoms with Crippen LogP contribution < -0.4 is 0 Å². The van der Waals surface area contributed by atoms with Crippen molar-refractivity contribution >= 4 is 23.5 Å². The molecule has 0 aromatic carbocycles. The largest absolute Gasteiger partial charge is 0.460 e. The van der Waals surface area contributed by atoms with E-state index in [1.54, 1.807) is 0 Å². The van der Waals surface area contributed by atoms with Crippen LogP contribution in [0.25, 0.3) is 0 Å². The molecule has 2 atom stereocenters. The van der Waals surface area contributed by atoms with Crippen LogP contribution in [0.4, 0.5) is 0 Å². The Morgan fingerprint density at radius 1 is 0.657 bits per heavy atom. The Balaban J connectivity index is 4.37. The van der Waals surface area contributed by atoms with Gasteiger partial charge in [-0.05, 0) is 40.0 Å². The van der Waals surface area contributed by atoms with E-state index in [4.69, 9.17) is 21.1 Å². The first-order chi connectivity index (χ1) is 16.7. The van der Waals surface area contributed by atoms with Crippen molar-refractivity contribution in [3.05, 3.63) is 0 Å². The van der Waals surface area contributed by atoms with Crippen molar-refractivity contribution in [1.29, 1.82) is 0 Å². The maximum absolute atomic E-state index is 12.5. The molecular weight excluding hydrogens is 460 g/mol. The second-order valence-corrected chi connectivity index (χ2v) is 11.6. The van der Waals surface area contributed by atoms with E-state index in [1.807, 2.05) is 20.8 Å². The smallest absolute Gasteiger partial charge is 0.328 e. The Bertz CT molecular complexity index is 515.